The van der Waals surface area contributed by atoms with E-state index >= 15 is 0 Å². The predicted octanol–water partition coefficient (Wildman–Crippen LogP) is 3.48. The standard InChI is InChI=1S/C12H16N2S/c1-3-11(4-2)7-5-10-15-12-13-8-6-9-14-12/h3,5-9H,4,10H2,1-2H3. The smallest absolute Gasteiger partial charge is 0.187 e. The minimum absolute atomic E-state index is 0.834. The van der Waals surface area contributed by atoms with E-state index in [4.69, 9.17) is 0 Å². The summed E-state index contributed by atoms with van der Waals surface area (Å²) in [6.07, 6.45) is 11.1. The number of hydrogen-bond acceptors (Lipinski definition) is 3. The molecular formula is C12H16N2S. The maximum absolute atomic E-state index is 4.14. The van der Waals surface area contributed by atoms with Crippen LogP contribution < -0.4 is 0 Å². The Morgan fingerprint density at radius 3 is 2.73 bits per heavy atom. The molecule has 0 saturated carbocycles. The lowest BCUT2D eigenvalue weighted by atomic mass is 10.2. The van der Waals surface area contributed by atoms with Crippen LogP contribution in [0.2, 0.25) is 0 Å². The van der Waals surface area contributed by atoms with Crippen LogP contribution in [-0.4, -0.2) is 15.7 Å². The molecule has 0 atom stereocenters. The number of aromatic nitrogens is 2. The number of allylic oxidation sites excluding steroid dienone is 3. The monoisotopic (exact) mass is 220 g/mol. The fourth-order valence-corrected chi connectivity index (χ4v) is 1.71. The van der Waals surface area contributed by atoms with Gasteiger partial charge in [-0.25, -0.2) is 9.97 Å². The van der Waals surface area contributed by atoms with Gasteiger partial charge in [0.2, 0.25) is 0 Å². The molecule has 0 amide bonds. The molecule has 0 aliphatic carbocycles. The minimum atomic E-state index is 0.834. The van der Waals surface area contributed by atoms with Crippen LogP contribution in [0.4, 0.5) is 0 Å². The zero-order valence-corrected chi connectivity index (χ0v) is 10.00. The molecule has 0 N–H and O–H groups in total. The molecule has 2 nitrogen and oxygen atoms in total. The van der Waals surface area contributed by atoms with Crippen molar-refractivity contribution in [3.8, 4) is 0 Å². The van der Waals surface area contributed by atoms with Crippen molar-refractivity contribution in [1.29, 1.82) is 0 Å². The van der Waals surface area contributed by atoms with Gasteiger partial charge in [0.05, 0.1) is 0 Å². The fraction of sp³-hybridized carbons (Fsp3) is 0.333. The molecule has 15 heavy (non-hydrogen) atoms. The third kappa shape index (κ3) is 4.79. The first-order valence-electron chi connectivity index (χ1n) is 5.08. The first kappa shape index (κ1) is 12.0. The third-order valence-electron chi connectivity index (χ3n) is 1.96. The predicted molar refractivity (Wildman–Crippen MR) is 65.9 cm³/mol. The van der Waals surface area contributed by atoms with Gasteiger partial charge in [0.15, 0.2) is 5.16 Å². The quantitative estimate of drug-likeness (QED) is 0.431. The second-order valence-corrected chi connectivity index (χ2v) is 3.95. The molecule has 3 heteroatoms. The lowest BCUT2D eigenvalue weighted by Gasteiger charge is -1.95. The van der Waals surface area contributed by atoms with E-state index in [1.54, 1.807) is 24.2 Å². The van der Waals surface area contributed by atoms with Crippen molar-refractivity contribution < 1.29 is 0 Å². The summed E-state index contributed by atoms with van der Waals surface area (Å²) in [5.41, 5.74) is 1.37. The van der Waals surface area contributed by atoms with Crippen LogP contribution in [0.25, 0.3) is 0 Å². The molecule has 0 aliphatic rings. The van der Waals surface area contributed by atoms with Crippen molar-refractivity contribution in [3.63, 3.8) is 0 Å². The van der Waals surface area contributed by atoms with Gasteiger partial charge in [0.1, 0.15) is 0 Å². The van der Waals surface area contributed by atoms with E-state index in [1.807, 2.05) is 6.07 Å². The Morgan fingerprint density at radius 2 is 2.13 bits per heavy atom. The topological polar surface area (TPSA) is 25.8 Å². The van der Waals surface area contributed by atoms with E-state index in [-0.39, 0.29) is 0 Å². The summed E-state index contributed by atoms with van der Waals surface area (Å²) >= 11 is 1.65. The van der Waals surface area contributed by atoms with Crippen molar-refractivity contribution in [2.75, 3.05) is 5.75 Å². The van der Waals surface area contributed by atoms with Gasteiger partial charge in [-0.1, -0.05) is 42.5 Å². The normalized spacial score (nSPS) is 12.3. The highest BCUT2D eigenvalue weighted by Gasteiger charge is 1.92. The van der Waals surface area contributed by atoms with Crippen molar-refractivity contribution in [3.05, 3.63) is 42.3 Å². The van der Waals surface area contributed by atoms with Crippen molar-refractivity contribution in [1.82, 2.24) is 9.97 Å². The van der Waals surface area contributed by atoms with Crippen LogP contribution in [-0.2, 0) is 0 Å². The minimum Gasteiger partial charge on any atom is -0.231 e. The highest BCUT2D eigenvalue weighted by Crippen LogP contribution is 2.11. The number of rotatable bonds is 5. The van der Waals surface area contributed by atoms with Crippen LogP contribution in [0.3, 0.4) is 0 Å². The molecule has 1 rings (SSSR count). The lowest BCUT2D eigenvalue weighted by Crippen LogP contribution is -1.83. The molecule has 0 spiro atoms. The summed E-state index contributed by atoms with van der Waals surface area (Å²) in [6, 6.07) is 1.83. The van der Waals surface area contributed by atoms with Gasteiger partial charge in [-0.05, 0) is 19.4 Å². The molecule has 0 unspecified atom stereocenters. The zero-order valence-electron chi connectivity index (χ0n) is 9.18. The van der Waals surface area contributed by atoms with Gasteiger partial charge in [0.25, 0.3) is 0 Å². The maximum atomic E-state index is 4.14. The van der Waals surface area contributed by atoms with E-state index in [0.29, 0.717) is 0 Å². The largest absolute Gasteiger partial charge is 0.231 e. The van der Waals surface area contributed by atoms with E-state index < -0.39 is 0 Å². The first-order valence-corrected chi connectivity index (χ1v) is 6.07. The van der Waals surface area contributed by atoms with E-state index in [1.165, 1.54) is 5.57 Å². The van der Waals surface area contributed by atoms with Gasteiger partial charge in [-0.3, -0.25) is 0 Å². The molecule has 1 heterocycles. The molecule has 0 bridgehead atoms. The summed E-state index contributed by atoms with van der Waals surface area (Å²) in [7, 11) is 0. The van der Waals surface area contributed by atoms with Crippen molar-refractivity contribution >= 4 is 11.8 Å². The third-order valence-corrected chi connectivity index (χ3v) is 2.79. The lowest BCUT2D eigenvalue weighted by molar-refractivity contribution is 0.969. The first-order chi connectivity index (χ1) is 7.36. The van der Waals surface area contributed by atoms with Crippen LogP contribution >= 0.6 is 11.8 Å². The highest BCUT2D eigenvalue weighted by molar-refractivity contribution is 7.99. The maximum Gasteiger partial charge on any atom is 0.187 e. The van der Waals surface area contributed by atoms with Gasteiger partial charge < -0.3 is 0 Å². The number of nitrogens with zero attached hydrogens (tertiary/aromatic N) is 2. The summed E-state index contributed by atoms with van der Waals surface area (Å²) in [5, 5.41) is 0.834. The molecule has 0 saturated heterocycles. The summed E-state index contributed by atoms with van der Waals surface area (Å²) in [4.78, 5) is 8.28. The molecule has 80 valence electrons. The summed E-state index contributed by atoms with van der Waals surface area (Å²) in [5.74, 6) is 0.918. The Kier molecular flexibility index (Phi) is 5.78. The second kappa shape index (κ2) is 7.23. The van der Waals surface area contributed by atoms with Crippen molar-refractivity contribution in [2.24, 2.45) is 0 Å². The average Bonchev–Trinajstić information content (AvgIpc) is 2.31. The second-order valence-electron chi connectivity index (χ2n) is 2.96. The molecule has 0 aromatic carbocycles. The SMILES string of the molecule is CC=C(C=CCSc1ncccn1)CC. The summed E-state index contributed by atoms with van der Waals surface area (Å²) < 4.78 is 0. The van der Waals surface area contributed by atoms with E-state index in [2.05, 4.69) is 42.0 Å². The Balaban J connectivity index is 2.33. The molecule has 1 aromatic rings. The average molecular weight is 220 g/mol. The van der Waals surface area contributed by atoms with Gasteiger partial charge in [0, 0.05) is 18.1 Å². The Bertz CT molecular complexity index is 331. The van der Waals surface area contributed by atoms with Gasteiger partial charge in [-0.2, -0.15) is 0 Å². The number of hydrogen-bond donors (Lipinski definition) is 0. The van der Waals surface area contributed by atoms with Crippen molar-refractivity contribution in [2.45, 2.75) is 25.4 Å². The Morgan fingerprint density at radius 1 is 1.40 bits per heavy atom. The van der Waals surface area contributed by atoms with Gasteiger partial charge in [-0.15, -0.1) is 0 Å². The van der Waals surface area contributed by atoms with Crippen LogP contribution in [0, 0.1) is 0 Å². The van der Waals surface area contributed by atoms with Gasteiger partial charge >= 0.3 is 0 Å². The van der Waals surface area contributed by atoms with E-state index in [0.717, 1.165) is 17.3 Å². The van der Waals surface area contributed by atoms with E-state index in [9.17, 15) is 0 Å². The van der Waals surface area contributed by atoms with Crippen LogP contribution in [0.1, 0.15) is 20.3 Å². The zero-order chi connectivity index (χ0) is 10.9. The molecular weight excluding hydrogens is 204 g/mol. The molecule has 1 aromatic heterocycles. The number of thioether (sulfide) groups is 1. The Hall–Kier alpha value is -1.09. The molecule has 0 radical (unpaired) electrons. The summed E-state index contributed by atoms with van der Waals surface area (Å²) in [6.45, 7) is 4.23. The highest BCUT2D eigenvalue weighted by atomic mass is 32.2. The fourth-order valence-electron chi connectivity index (χ4n) is 1.10. The molecule has 0 fully saturated rings. The Labute approximate surface area is 95.5 Å². The van der Waals surface area contributed by atoms with Crippen LogP contribution in [0.15, 0.2) is 47.4 Å². The van der Waals surface area contributed by atoms with Crippen LogP contribution in [0.5, 0.6) is 0 Å². The molecule has 0 aliphatic heterocycles.